The zero-order valence-electron chi connectivity index (χ0n) is 36.5. The molecule has 0 fully saturated rings. The number of likely N-dealkylation sites (N-methyl/N-ethyl adjacent to an activating group) is 3. The van der Waals surface area contributed by atoms with Crippen LogP contribution in [-0.2, 0) is 50.0 Å². The van der Waals surface area contributed by atoms with Gasteiger partial charge in [-0.25, -0.2) is 23.6 Å². The summed E-state index contributed by atoms with van der Waals surface area (Å²) in [5.41, 5.74) is -1.38. The lowest BCUT2D eigenvalue weighted by Gasteiger charge is -2.34. The molecule has 3 amide bonds. The predicted molar refractivity (Wildman–Crippen MR) is 212 cm³/mol. The van der Waals surface area contributed by atoms with Gasteiger partial charge in [0.25, 0.3) is 11.8 Å². The van der Waals surface area contributed by atoms with Gasteiger partial charge in [0.2, 0.25) is 0 Å². The minimum absolute atomic E-state index is 0.0585. The third-order valence-electron chi connectivity index (χ3n) is 9.09. The van der Waals surface area contributed by atoms with Gasteiger partial charge in [-0.3, -0.25) is 14.5 Å². The van der Waals surface area contributed by atoms with Gasteiger partial charge in [0.1, 0.15) is 29.4 Å². The highest BCUT2D eigenvalue weighted by molar-refractivity contribution is 5.91. The minimum Gasteiger partial charge on any atom is -0.480 e. The number of carbonyl (C=O) groups is 6. The van der Waals surface area contributed by atoms with Crippen molar-refractivity contribution >= 4 is 35.8 Å². The Morgan fingerprint density at radius 2 is 1.14 bits per heavy atom. The number of nitrogens with zero attached hydrogens (tertiary/aromatic N) is 3. The normalized spacial score (nSPS) is 14.9. The summed E-state index contributed by atoms with van der Waals surface area (Å²) in [6, 6.07) is 3.49. The van der Waals surface area contributed by atoms with Gasteiger partial charge in [-0.1, -0.05) is 72.7 Å². The van der Waals surface area contributed by atoms with Crippen LogP contribution >= 0.6 is 0 Å². The number of hydrogen-bond donors (Lipinski definition) is 1. The summed E-state index contributed by atoms with van der Waals surface area (Å²) in [5.74, 6) is -5.01. The number of carboxylic acid groups (broad SMARTS) is 1. The van der Waals surface area contributed by atoms with Crippen LogP contribution in [0.3, 0.4) is 0 Å². The zero-order valence-corrected chi connectivity index (χ0v) is 36.5. The zero-order chi connectivity index (χ0) is 43.7. The molecule has 1 N–H and O–H groups in total. The predicted octanol–water partition coefficient (Wildman–Crippen LogP) is 6.57. The first-order chi connectivity index (χ1) is 25.4. The van der Waals surface area contributed by atoms with Crippen LogP contribution in [0, 0.1) is 11.8 Å². The Morgan fingerprint density at radius 1 is 0.679 bits per heavy atom. The van der Waals surface area contributed by atoms with Crippen LogP contribution in [0.15, 0.2) is 24.3 Å². The maximum atomic E-state index is 15.3. The number of halogens is 1. The molecule has 1 rings (SSSR count). The number of ether oxygens (including phenoxy) is 3. The molecule has 56 heavy (non-hydrogen) atoms. The smallest absolute Gasteiger partial charge is 0.410 e. The number of carboxylic acids is 1. The first kappa shape index (κ1) is 49.8. The molecule has 5 atom stereocenters. The van der Waals surface area contributed by atoms with Crippen molar-refractivity contribution in [2.75, 3.05) is 21.1 Å². The van der Waals surface area contributed by atoms with Crippen molar-refractivity contribution in [2.45, 2.75) is 163 Å². The lowest BCUT2D eigenvalue weighted by atomic mass is 9.86. The molecule has 0 radical (unpaired) electrons. The van der Waals surface area contributed by atoms with Crippen molar-refractivity contribution in [3.8, 4) is 0 Å². The third kappa shape index (κ3) is 16.1. The summed E-state index contributed by atoms with van der Waals surface area (Å²) in [4.78, 5) is 83.7. The van der Waals surface area contributed by atoms with Crippen LogP contribution in [0.5, 0.6) is 0 Å². The second-order valence-corrected chi connectivity index (χ2v) is 18.2. The molecule has 1 aromatic rings. The molecular weight excluding hydrogens is 725 g/mol. The molecule has 1 aromatic carbocycles. The molecule has 0 aliphatic rings. The van der Waals surface area contributed by atoms with Crippen LogP contribution in [0.2, 0.25) is 0 Å². The van der Waals surface area contributed by atoms with E-state index in [9.17, 15) is 33.9 Å². The second-order valence-electron chi connectivity index (χ2n) is 18.2. The Labute approximate surface area is 333 Å². The van der Waals surface area contributed by atoms with E-state index in [-0.39, 0.29) is 36.5 Å². The maximum Gasteiger partial charge on any atom is 0.410 e. The molecule has 0 bridgehead atoms. The van der Waals surface area contributed by atoms with Crippen molar-refractivity contribution in [3.05, 3.63) is 35.4 Å². The fourth-order valence-electron chi connectivity index (χ4n) is 5.91. The van der Waals surface area contributed by atoms with Crippen LogP contribution in [-0.4, -0.2) is 118 Å². The average molecular weight is 794 g/mol. The number of hydrogen-bond acceptors (Lipinski definition) is 9. The van der Waals surface area contributed by atoms with Crippen LogP contribution in [0.1, 0.15) is 120 Å². The molecule has 0 heterocycles. The quantitative estimate of drug-likeness (QED) is 0.127. The van der Waals surface area contributed by atoms with Gasteiger partial charge >= 0.3 is 24.0 Å². The molecule has 0 saturated heterocycles. The topological polar surface area (TPSA) is 160 Å². The molecule has 0 aliphatic heterocycles. The van der Waals surface area contributed by atoms with E-state index in [2.05, 4.69) is 20.8 Å². The number of alkyl halides is 1. The van der Waals surface area contributed by atoms with Gasteiger partial charge in [-0.05, 0) is 82.8 Å². The number of esters is 2. The number of rotatable bonds is 18. The SMILES string of the molecule is CC(C)CC(C(=O)OC(Cc1ccc(C(C)(C)C)cc1)C(=O)N(C)C(CC(C)(C)F)C(=O)OC(C)C(=O)N(C)C(CC(C)C)C(=O)O)N(C)C(=O)OC(C)(C)C. The summed E-state index contributed by atoms with van der Waals surface area (Å²) in [6.07, 6.45) is -4.13. The first-order valence-electron chi connectivity index (χ1n) is 19.3. The van der Waals surface area contributed by atoms with Crippen LogP contribution < -0.4 is 0 Å². The fraction of sp³-hybridized carbons (Fsp3) is 0.714. The maximum absolute atomic E-state index is 15.3. The largest absolute Gasteiger partial charge is 0.480 e. The van der Waals surface area contributed by atoms with Gasteiger partial charge in [-0.15, -0.1) is 0 Å². The van der Waals surface area contributed by atoms with E-state index in [1.54, 1.807) is 32.9 Å². The van der Waals surface area contributed by atoms with E-state index in [0.29, 0.717) is 5.56 Å². The standard InChI is InChI=1S/C42H68FN3O10/c1-25(2)21-30(36(49)50)44(14)34(47)27(5)54-38(52)32(24-42(12,13)43)45(15)35(48)33(23-28-17-19-29(20-18-28)40(6,7)8)55-37(51)31(22-26(3)4)46(16)39(53)56-41(9,10)11/h17-20,25-27,30-33H,21-24H2,1-16H3,(H,49,50). The Morgan fingerprint density at radius 3 is 1.57 bits per heavy atom. The van der Waals surface area contributed by atoms with Crippen molar-refractivity contribution < 1.29 is 52.5 Å². The van der Waals surface area contributed by atoms with Gasteiger partial charge in [0, 0.05) is 34.0 Å². The van der Waals surface area contributed by atoms with Crippen molar-refractivity contribution in [3.63, 3.8) is 0 Å². The summed E-state index contributed by atoms with van der Waals surface area (Å²) < 4.78 is 32.3. The lowest BCUT2D eigenvalue weighted by Crippen LogP contribution is -2.53. The van der Waals surface area contributed by atoms with Crippen molar-refractivity contribution in [1.82, 2.24) is 14.7 Å². The second kappa shape index (κ2) is 20.3. The first-order valence-corrected chi connectivity index (χ1v) is 19.3. The molecule has 13 nitrogen and oxygen atoms in total. The number of benzene rings is 1. The summed E-state index contributed by atoms with van der Waals surface area (Å²) in [5, 5.41) is 9.75. The fourth-order valence-corrected chi connectivity index (χ4v) is 5.91. The van der Waals surface area contributed by atoms with E-state index in [4.69, 9.17) is 14.2 Å². The van der Waals surface area contributed by atoms with E-state index < -0.39 is 83.8 Å². The van der Waals surface area contributed by atoms with Gasteiger partial charge in [0.15, 0.2) is 12.2 Å². The Bertz CT molecular complexity index is 1510. The van der Waals surface area contributed by atoms with Crippen molar-refractivity contribution in [1.29, 1.82) is 0 Å². The minimum atomic E-state index is -2.01. The van der Waals surface area contributed by atoms with Crippen LogP contribution in [0.4, 0.5) is 9.18 Å². The Kier molecular flexibility index (Phi) is 18.0. The lowest BCUT2D eigenvalue weighted by molar-refractivity contribution is -0.172. The van der Waals surface area contributed by atoms with Crippen molar-refractivity contribution in [2.24, 2.45) is 11.8 Å². The molecule has 14 heteroatoms. The average Bonchev–Trinajstić information content (AvgIpc) is 3.04. The van der Waals surface area contributed by atoms with Gasteiger partial charge in [-0.2, -0.15) is 0 Å². The summed E-state index contributed by atoms with van der Waals surface area (Å²) >= 11 is 0. The van der Waals surface area contributed by atoms with E-state index in [1.807, 2.05) is 39.8 Å². The van der Waals surface area contributed by atoms with Gasteiger partial charge in [0.05, 0.1) is 0 Å². The number of carbonyl (C=O) groups excluding carboxylic acids is 5. The van der Waals surface area contributed by atoms with Crippen LogP contribution in [0.25, 0.3) is 0 Å². The molecule has 5 unspecified atom stereocenters. The Hall–Kier alpha value is -4.23. The highest BCUT2D eigenvalue weighted by atomic mass is 19.1. The van der Waals surface area contributed by atoms with Gasteiger partial charge < -0.3 is 29.1 Å². The van der Waals surface area contributed by atoms with E-state index in [0.717, 1.165) is 20.3 Å². The van der Waals surface area contributed by atoms with E-state index >= 15 is 4.39 Å². The highest BCUT2D eigenvalue weighted by Crippen LogP contribution is 2.26. The third-order valence-corrected chi connectivity index (χ3v) is 9.09. The summed E-state index contributed by atoms with van der Waals surface area (Å²) in [7, 11) is 3.96. The monoisotopic (exact) mass is 793 g/mol. The highest BCUT2D eigenvalue weighted by Gasteiger charge is 2.41. The summed E-state index contributed by atoms with van der Waals surface area (Å²) in [6.45, 7) is 22.3. The Balaban J connectivity index is 3.64. The van der Waals surface area contributed by atoms with E-state index in [1.165, 1.54) is 41.9 Å². The molecule has 0 aromatic heterocycles. The number of aliphatic carboxylic acids is 1. The molecule has 0 spiro atoms. The molecular formula is C42H68FN3O10. The number of amides is 3. The molecule has 318 valence electrons. The molecule has 0 aliphatic carbocycles. The molecule has 0 saturated carbocycles.